The van der Waals surface area contributed by atoms with Crippen LogP contribution in [0.3, 0.4) is 0 Å². The van der Waals surface area contributed by atoms with E-state index in [1.54, 1.807) is 37.4 Å². The first-order valence-corrected chi connectivity index (χ1v) is 10.2. The van der Waals surface area contributed by atoms with Crippen molar-refractivity contribution < 1.29 is 13.5 Å². The monoisotopic (exact) mass is 384 g/mol. The van der Waals surface area contributed by atoms with E-state index in [1.165, 1.54) is 0 Å². The number of nitrogens with one attached hydrogen (secondary N) is 2. The van der Waals surface area contributed by atoms with Gasteiger partial charge >= 0.3 is 0 Å². The summed E-state index contributed by atoms with van der Waals surface area (Å²) in [5.74, 6) is 0.416. The van der Waals surface area contributed by atoms with Crippen LogP contribution in [0.1, 0.15) is 18.6 Å². The highest BCUT2D eigenvalue weighted by Gasteiger charge is 2.07. The average molecular weight is 384 g/mol. The molecule has 1 unspecified atom stereocenters. The number of hydrogen-bond acceptors (Lipinski definition) is 6. The van der Waals surface area contributed by atoms with Gasteiger partial charge in [0.2, 0.25) is 16.0 Å². The van der Waals surface area contributed by atoms with Gasteiger partial charge in [0, 0.05) is 23.1 Å². The van der Waals surface area contributed by atoms with Crippen LogP contribution in [0.15, 0.2) is 60.8 Å². The Morgan fingerprint density at radius 3 is 2.44 bits per heavy atom. The quantitative estimate of drug-likeness (QED) is 0.602. The van der Waals surface area contributed by atoms with E-state index in [0.29, 0.717) is 17.3 Å². The van der Waals surface area contributed by atoms with E-state index in [4.69, 9.17) is 0 Å². The predicted molar refractivity (Wildman–Crippen MR) is 106 cm³/mol. The molecule has 27 heavy (non-hydrogen) atoms. The smallest absolute Gasteiger partial charge is 0.229 e. The summed E-state index contributed by atoms with van der Waals surface area (Å²) in [4.78, 5) is 8.70. The van der Waals surface area contributed by atoms with Crippen molar-refractivity contribution >= 4 is 27.3 Å². The Morgan fingerprint density at radius 2 is 1.78 bits per heavy atom. The Morgan fingerprint density at radius 1 is 1.04 bits per heavy atom. The number of hydrogen-bond donors (Lipinski definition) is 3. The minimum absolute atomic E-state index is 0.416. The molecular weight excluding hydrogens is 364 g/mol. The summed E-state index contributed by atoms with van der Waals surface area (Å²) >= 11 is 0. The number of aromatic nitrogens is 2. The molecule has 0 fully saturated rings. The number of anilines is 3. The third-order valence-corrected chi connectivity index (χ3v) is 4.37. The molecule has 3 aromatic rings. The van der Waals surface area contributed by atoms with Crippen LogP contribution >= 0.6 is 0 Å². The largest absolute Gasteiger partial charge is 0.389 e. The molecule has 0 aliphatic heterocycles. The molecule has 0 spiro atoms. The first-order chi connectivity index (χ1) is 12.8. The molecule has 0 aliphatic rings. The maximum Gasteiger partial charge on any atom is 0.229 e. The summed E-state index contributed by atoms with van der Waals surface area (Å²) in [7, 11) is -3.35. The van der Waals surface area contributed by atoms with Gasteiger partial charge in [-0.2, -0.15) is 0 Å². The molecular formula is C19H20N4O3S. The van der Waals surface area contributed by atoms with E-state index in [1.807, 2.05) is 30.3 Å². The van der Waals surface area contributed by atoms with Gasteiger partial charge in [0.15, 0.2) is 0 Å². The van der Waals surface area contributed by atoms with Crippen molar-refractivity contribution in [1.29, 1.82) is 0 Å². The van der Waals surface area contributed by atoms with Gasteiger partial charge in [-0.05, 0) is 42.8 Å². The number of nitrogens with zero attached hydrogens (tertiary/aromatic N) is 2. The number of aliphatic hydroxyl groups is 1. The lowest BCUT2D eigenvalue weighted by atomic mass is 10.1. The maximum absolute atomic E-state index is 11.4. The zero-order valence-corrected chi connectivity index (χ0v) is 15.7. The second kappa shape index (κ2) is 7.73. The molecule has 0 amide bonds. The molecule has 1 atom stereocenters. The molecule has 1 aromatic heterocycles. The van der Waals surface area contributed by atoms with E-state index in [2.05, 4.69) is 20.0 Å². The van der Waals surface area contributed by atoms with Crippen LogP contribution in [0.25, 0.3) is 11.3 Å². The fourth-order valence-electron chi connectivity index (χ4n) is 2.51. The summed E-state index contributed by atoms with van der Waals surface area (Å²) in [6.07, 6.45) is 2.21. The molecule has 1 heterocycles. The van der Waals surface area contributed by atoms with Gasteiger partial charge < -0.3 is 10.4 Å². The summed E-state index contributed by atoms with van der Waals surface area (Å²) in [5, 5.41) is 12.7. The highest BCUT2D eigenvalue weighted by Crippen LogP contribution is 2.23. The second-order valence-electron chi connectivity index (χ2n) is 6.14. The van der Waals surface area contributed by atoms with Crippen molar-refractivity contribution in [2.24, 2.45) is 0 Å². The number of rotatable bonds is 6. The molecule has 0 aliphatic carbocycles. The zero-order valence-electron chi connectivity index (χ0n) is 14.9. The Balaban J connectivity index is 1.82. The topological polar surface area (TPSA) is 104 Å². The molecule has 7 nitrogen and oxygen atoms in total. The molecule has 0 saturated carbocycles. The second-order valence-corrected chi connectivity index (χ2v) is 7.89. The van der Waals surface area contributed by atoms with Gasteiger partial charge in [0.1, 0.15) is 0 Å². The lowest BCUT2D eigenvalue weighted by molar-refractivity contribution is 0.199. The number of sulfonamides is 1. The summed E-state index contributed by atoms with van der Waals surface area (Å²) in [5.41, 5.74) is 3.51. The van der Waals surface area contributed by atoms with Gasteiger partial charge in [-0.3, -0.25) is 4.72 Å². The molecule has 8 heteroatoms. The molecule has 3 N–H and O–H groups in total. The van der Waals surface area contributed by atoms with Crippen LogP contribution in [0.2, 0.25) is 0 Å². The molecule has 140 valence electrons. The molecule has 2 aromatic carbocycles. The van der Waals surface area contributed by atoms with Crippen LogP contribution in [-0.4, -0.2) is 29.7 Å². The van der Waals surface area contributed by atoms with E-state index in [-0.39, 0.29) is 0 Å². The molecule has 0 saturated heterocycles. The Bertz CT molecular complexity index is 1030. The molecule has 3 rings (SSSR count). The SMILES string of the molecule is CC(O)c1ccc(Nc2nccc(-c3cccc(NS(C)(=O)=O)c3)n2)cc1. The maximum atomic E-state index is 11.4. The summed E-state index contributed by atoms with van der Waals surface area (Å²) < 4.78 is 25.3. The fraction of sp³-hybridized carbons (Fsp3) is 0.158. The minimum Gasteiger partial charge on any atom is -0.389 e. The minimum atomic E-state index is -3.35. The number of aliphatic hydroxyl groups excluding tert-OH is 1. The Labute approximate surface area is 158 Å². The van der Waals surface area contributed by atoms with Crippen LogP contribution in [0.5, 0.6) is 0 Å². The van der Waals surface area contributed by atoms with Crippen molar-refractivity contribution in [2.75, 3.05) is 16.3 Å². The van der Waals surface area contributed by atoms with Gasteiger partial charge in [0.25, 0.3) is 0 Å². The summed E-state index contributed by atoms with van der Waals surface area (Å²) in [6, 6.07) is 16.1. The van der Waals surface area contributed by atoms with Crippen molar-refractivity contribution in [3.8, 4) is 11.3 Å². The highest BCUT2D eigenvalue weighted by molar-refractivity contribution is 7.92. The van der Waals surface area contributed by atoms with Crippen molar-refractivity contribution in [2.45, 2.75) is 13.0 Å². The van der Waals surface area contributed by atoms with Crippen molar-refractivity contribution in [3.05, 3.63) is 66.4 Å². The van der Waals surface area contributed by atoms with Gasteiger partial charge in [-0.25, -0.2) is 18.4 Å². The van der Waals surface area contributed by atoms with Crippen molar-refractivity contribution in [1.82, 2.24) is 9.97 Å². The lowest BCUT2D eigenvalue weighted by Gasteiger charge is -2.10. The first kappa shape index (κ1) is 18.8. The van der Waals surface area contributed by atoms with Crippen molar-refractivity contribution in [3.63, 3.8) is 0 Å². The van der Waals surface area contributed by atoms with E-state index in [0.717, 1.165) is 23.1 Å². The predicted octanol–water partition coefficient (Wildman–Crippen LogP) is 3.31. The number of benzene rings is 2. The standard InChI is InChI=1S/C19H20N4O3S/c1-13(24)14-6-8-16(9-7-14)21-19-20-11-10-18(22-19)15-4-3-5-17(12-15)23-27(2,25)26/h3-13,23-24H,1-2H3,(H,20,21,22). The van der Waals surface area contributed by atoms with Crippen LogP contribution < -0.4 is 10.0 Å². The third-order valence-electron chi connectivity index (χ3n) is 3.77. The Hall–Kier alpha value is -2.97. The van der Waals surface area contributed by atoms with Crippen LogP contribution in [0, 0.1) is 0 Å². The van der Waals surface area contributed by atoms with Crippen LogP contribution in [0.4, 0.5) is 17.3 Å². The van der Waals surface area contributed by atoms with Gasteiger partial charge in [-0.15, -0.1) is 0 Å². The Kier molecular flexibility index (Phi) is 5.38. The molecule has 0 bridgehead atoms. The van der Waals surface area contributed by atoms with Gasteiger partial charge in [0.05, 0.1) is 18.1 Å². The lowest BCUT2D eigenvalue weighted by Crippen LogP contribution is -2.09. The normalized spacial score (nSPS) is 12.4. The molecule has 0 radical (unpaired) electrons. The average Bonchev–Trinajstić information content (AvgIpc) is 2.61. The zero-order chi connectivity index (χ0) is 19.4. The summed E-state index contributed by atoms with van der Waals surface area (Å²) in [6.45, 7) is 1.71. The van der Waals surface area contributed by atoms with Crippen LogP contribution in [-0.2, 0) is 10.0 Å². The van der Waals surface area contributed by atoms with E-state index >= 15 is 0 Å². The fourth-order valence-corrected chi connectivity index (χ4v) is 3.06. The van der Waals surface area contributed by atoms with E-state index < -0.39 is 16.1 Å². The van der Waals surface area contributed by atoms with E-state index in [9.17, 15) is 13.5 Å². The highest BCUT2D eigenvalue weighted by atomic mass is 32.2. The third kappa shape index (κ3) is 5.25. The first-order valence-electron chi connectivity index (χ1n) is 8.26. The van der Waals surface area contributed by atoms with Gasteiger partial charge in [-0.1, -0.05) is 24.3 Å².